The second-order valence-electron chi connectivity index (χ2n) is 5.98. The molecule has 20 heavy (non-hydrogen) atoms. The van der Waals surface area contributed by atoms with Crippen LogP contribution < -0.4 is 5.32 Å². The quantitative estimate of drug-likeness (QED) is 0.846. The third kappa shape index (κ3) is 4.54. The number of piperidine rings is 1. The average molecular weight is 293 g/mol. The molecule has 4 nitrogen and oxygen atoms in total. The minimum Gasteiger partial charge on any atom is -0.334 e. The third-order valence-electron chi connectivity index (χ3n) is 3.95. The molecule has 1 N–H and O–H groups in total. The smallest absolute Gasteiger partial charge is 0.334 e. The summed E-state index contributed by atoms with van der Waals surface area (Å²) in [5.74, 6) is 0.500. The second kappa shape index (κ2) is 6.20. The van der Waals surface area contributed by atoms with Gasteiger partial charge in [-0.2, -0.15) is 13.2 Å². The van der Waals surface area contributed by atoms with Crippen molar-refractivity contribution in [2.75, 3.05) is 32.7 Å². The molecule has 0 aromatic carbocycles. The zero-order valence-corrected chi connectivity index (χ0v) is 11.7. The van der Waals surface area contributed by atoms with Crippen molar-refractivity contribution < 1.29 is 18.0 Å². The molecular weight excluding hydrogens is 271 g/mol. The predicted octanol–water partition coefficient (Wildman–Crippen LogP) is 2.06. The number of halogens is 3. The topological polar surface area (TPSA) is 35.6 Å². The van der Waals surface area contributed by atoms with Crippen LogP contribution in [-0.2, 0) is 0 Å². The highest BCUT2D eigenvalue weighted by molar-refractivity contribution is 5.74. The molecule has 2 atom stereocenters. The zero-order valence-electron chi connectivity index (χ0n) is 11.7. The summed E-state index contributed by atoms with van der Waals surface area (Å²) in [4.78, 5) is 15.2. The van der Waals surface area contributed by atoms with Gasteiger partial charge < -0.3 is 10.2 Å². The van der Waals surface area contributed by atoms with E-state index in [1.165, 1.54) is 4.90 Å². The number of urea groups is 1. The molecule has 0 bridgehead atoms. The molecule has 2 saturated heterocycles. The van der Waals surface area contributed by atoms with Gasteiger partial charge in [-0.05, 0) is 25.2 Å². The molecule has 116 valence electrons. The van der Waals surface area contributed by atoms with Gasteiger partial charge in [0.15, 0.2) is 0 Å². The fourth-order valence-electron chi connectivity index (χ4n) is 2.99. The monoisotopic (exact) mass is 293 g/mol. The van der Waals surface area contributed by atoms with Crippen molar-refractivity contribution in [3.05, 3.63) is 0 Å². The van der Waals surface area contributed by atoms with Crippen LogP contribution in [0.5, 0.6) is 0 Å². The highest BCUT2D eigenvalue weighted by Crippen LogP contribution is 2.20. The molecule has 0 aliphatic carbocycles. The van der Waals surface area contributed by atoms with Crippen molar-refractivity contribution in [3.8, 4) is 0 Å². The Balaban J connectivity index is 1.75. The number of rotatable bonds is 2. The van der Waals surface area contributed by atoms with Crippen LogP contribution in [0.3, 0.4) is 0 Å². The lowest BCUT2D eigenvalue weighted by atomic mass is 10.0. The molecular formula is C13H22F3N3O. The molecule has 2 fully saturated rings. The first-order valence-corrected chi connectivity index (χ1v) is 7.18. The van der Waals surface area contributed by atoms with Crippen LogP contribution in [0.4, 0.5) is 18.0 Å². The summed E-state index contributed by atoms with van der Waals surface area (Å²) in [5, 5.41) is 2.86. The van der Waals surface area contributed by atoms with Gasteiger partial charge in [0, 0.05) is 32.2 Å². The number of nitrogens with zero attached hydrogens (tertiary/aromatic N) is 2. The number of hydrogen-bond donors (Lipinski definition) is 1. The van der Waals surface area contributed by atoms with Crippen molar-refractivity contribution in [1.29, 1.82) is 0 Å². The fraction of sp³-hybridized carbons (Fsp3) is 0.923. The Bertz CT molecular complexity index is 348. The first-order chi connectivity index (χ1) is 9.33. The molecule has 2 aliphatic heterocycles. The lowest BCUT2D eigenvalue weighted by Crippen LogP contribution is -2.49. The van der Waals surface area contributed by atoms with Crippen LogP contribution in [0.15, 0.2) is 0 Å². The zero-order chi connectivity index (χ0) is 14.8. The van der Waals surface area contributed by atoms with Crippen LogP contribution in [0.2, 0.25) is 0 Å². The summed E-state index contributed by atoms with van der Waals surface area (Å²) in [6.07, 6.45) is -1.45. The van der Waals surface area contributed by atoms with Crippen molar-refractivity contribution in [2.45, 2.75) is 38.4 Å². The van der Waals surface area contributed by atoms with Gasteiger partial charge in [0.25, 0.3) is 0 Å². The fourth-order valence-corrected chi connectivity index (χ4v) is 2.99. The Labute approximate surface area is 117 Å². The molecule has 0 aromatic rings. The van der Waals surface area contributed by atoms with Crippen LogP contribution in [0, 0.1) is 5.92 Å². The highest BCUT2D eigenvalue weighted by Gasteiger charge is 2.35. The Morgan fingerprint density at radius 1 is 1.25 bits per heavy atom. The SMILES string of the molecule is CC1CCCN(C(=O)NC2CCN(CC(F)(F)F)C2)C1. The van der Waals surface area contributed by atoms with E-state index < -0.39 is 12.7 Å². The molecule has 0 radical (unpaired) electrons. The summed E-state index contributed by atoms with van der Waals surface area (Å²) in [5.41, 5.74) is 0. The molecule has 2 aliphatic rings. The highest BCUT2D eigenvalue weighted by atomic mass is 19.4. The van der Waals surface area contributed by atoms with Gasteiger partial charge in [0.05, 0.1) is 6.54 Å². The number of carbonyl (C=O) groups excluding carboxylic acids is 1. The van der Waals surface area contributed by atoms with Crippen molar-refractivity contribution in [2.24, 2.45) is 5.92 Å². The van der Waals surface area contributed by atoms with Crippen molar-refractivity contribution in [1.82, 2.24) is 15.1 Å². The molecule has 2 amide bonds. The van der Waals surface area contributed by atoms with Crippen LogP contribution in [0.1, 0.15) is 26.2 Å². The first-order valence-electron chi connectivity index (χ1n) is 7.18. The number of likely N-dealkylation sites (tertiary alicyclic amines) is 2. The van der Waals surface area contributed by atoms with E-state index >= 15 is 0 Å². The van der Waals surface area contributed by atoms with Gasteiger partial charge >= 0.3 is 12.2 Å². The summed E-state index contributed by atoms with van der Waals surface area (Å²) < 4.78 is 36.9. The van der Waals surface area contributed by atoms with Crippen LogP contribution in [0.25, 0.3) is 0 Å². The maximum absolute atomic E-state index is 12.3. The molecule has 0 saturated carbocycles. The molecule has 2 heterocycles. The van der Waals surface area contributed by atoms with Crippen LogP contribution >= 0.6 is 0 Å². The summed E-state index contributed by atoms with van der Waals surface area (Å²) >= 11 is 0. The number of hydrogen-bond acceptors (Lipinski definition) is 2. The van der Waals surface area contributed by atoms with Gasteiger partial charge in [-0.15, -0.1) is 0 Å². The standard InChI is InChI=1S/C13H22F3N3O/c1-10-3-2-5-19(7-10)12(20)17-11-4-6-18(8-11)9-13(14,15)16/h10-11H,2-9H2,1H3,(H,17,20). The van der Waals surface area contributed by atoms with Gasteiger partial charge in [0.2, 0.25) is 0 Å². The molecule has 0 spiro atoms. The Kier molecular flexibility index (Phi) is 4.78. The molecule has 2 unspecified atom stereocenters. The average Bonchev–Trinajstić information content (AvgIpc) is 2.74. The van der Waals surface area contributed by atoms with E-state index in [4.69, 9.17) is 0 Å². The van der Waals surface area contributed by atoms with E-state index in [0.29, 0.717) is 18.9 Å². The van der Waals surface area contributed by atoms with E-state index in [9.17, 15) is 18.0 Å². The maximum Gasteiger partial charge on any atom is 0.401 e. The lowest BCUT2D eigenvalue weighted by molar-refractivity contribution is -0.143. The summed E-state index contributed by atoms with van der Waals surface area (Å²) in [7, 11) is 0. The second-order valence-corrected chi connectivity index (χ2v) is 5.98. The first kappa shape index (κ1) is 15.4. The molecule has 2 rings (SSSR count). The minimum absolute atomic E-state index is 0.129. The van der Waals surface area contributed by atoms with Crippen molar-refractivity contribution in [3.63, 3.8) is 0 Å². The summed E-state index contributed by atoms with van der Waals surface area (Å²) in [6, 6.07) is -0.294. The summed E-state index contributed by atoms with van der Waals surface area (Å²) in [6.45, 7) is 3.38. The Morgan fingerprint density at radius 3 is 2.65 bits per heavy atom. The van der Waals surface area contributed by atoms with E-state index in [0.717, 1.165) is 25.9 Å². The lowest BCUT2D eigenvalue weighted by Gasteiger charge is -2.32. The van der Waals surface area contributed by atoms with Gasteiger partial charge in [-0.3, -0.25) is 4.90 Å². The van der Waals surface area contributed by atoms with Gasteiger partial charge in [0.1, 0.15) is 0 Å². The molecule has 7 heteroatoms. The van der Waals surface area contributed by atoms with Gasteiger partial charge in [-0.1, -0.05) is 6.92 Å². The largest absolute Gasteiger partial charge is 0.401 e. The molecule has 0 aromatic heterocycles. The van der Waals surface area contributed by atoms with E-state index in [-0.39, 0.29) is 18.6 Å². The number of amides is 2. The van der Waals surface area contributed by atoms with Gasteiger partial charge in [-0.25, -0.2) is 4.79 Å². The van der Waals surface area contributed by atoms with Crippen LogP contribution in [-0.4, -0.2) is 60.8 Å². The number of nitrogens with one attached hydrogen (secondary N) is 1. The maximum atomic E-state index is 12.3. The van der Waals surface area contributed by atoms with E-state index in [1.807, 2.05) is 0 Å². The Morgan fingerprint density at radius 2 is 2.00 bits per heavy atom. The van der Waals surface area contributed by atoms with E-state index in [1.54, 1.807) is 4.90 Å². The minimum atomic E-state index is -4.17. The van der Waals surface area contributed by atoms with Crippen molar-refractivity contribution >= 4 is 6.03 Å². The number of alkyl halides is 3. The Hall–Kier alpha value is -0.980. The number of carbonyl (C=O) groups is 1. The van der Waals surface area contributed by atoms with E-state index in [2.05, 4.69) is 12.2 Å². The normalized spacial score (nSPS) is 28.7. The predicted molar refractivity (Wildman–Crippen MR) is 69.4 cm³/mol. The third-order valence-corrected chi connectivity index (χ3v) is 3.95.